The quantitative estimate of drug-likeness (QED) is 0.658. The van der Waals surface area contributed by atoms with Crippen LogP contribution in [0.5, 0.6) is 0 Å². The first-order valence-electron chi connectivity index (χ1n) is 2.75. The lowest BCUT2D eigenvalue weighted by Gasteiger charge is -1.92. The van der Waals surface area contributed by atoms with Gasteiger partial charge in [-0.15, -0.1) is 0 Å². The normalized spacial score (nSPS) is 9.30. The number of nitrogens with one attached hydrogen (secondary N) is 1. The summed E-state index contributed by atoms with van der Waals surface area (Å²) in [6.07, 6.45) is 3.07. The van der Waals surface area contributed by atoms with Gasteiger partial charge in [0.2, 0.25) is 0 Å². The summed E-state index contributed by atoms with van der Waals surface area (Å²) < 4.78 is 0. The molecule has 0 unspecified atom stereocenters. The molecule has 1 rings (SSSR count). The van der Waals surface area contributed by atoms with Gasteiger partial charge in [-0.25, -0.2) is 0 Å². The number of aromatic nitrogens is 1. The summed E-state index contributed by atoms with van der Waals surface area (Å²) in [4.78, 5) is 13.2. The third-order valence-electron chi connectivity index (χ3n) is 1.15. The van der Waals surface area contributed by atoms with Crippen LogP contribution < -0.4 is 5.56 Å². The van der Waals surface area contributed by atoms with E-state index in [0.717, 1.165) is 0 Å². The Morgan fingerprint density at radius 3 is 2.90 bits per heavy atom. The summed E-state index contributed by atoms with van der Waals surface area (Å²) in [5, 5.41) is 0.192. The summed E-state index contributed by atoms with van der Waals surface area (Å²) in [7, 11) is 0. The Bertz CT molecular complexity index is 303. The molecule has 52 valence electrons. The molecule has 1 N–H and O–H groups in total. The number of halogens is 1. The molecule has 0 amide bonds. The highest BCUT2D eigenvalue weighted by molar-refractivity contribution is 6.31. The van der Waals surface area contributed by atoms with E-state index >= 15 is 0 Å². The highest BCUT2D eigenvalue weighted by Crippen LogP contribution is 2.08. The molecule has 0 radical (unpaired) electrons. The van der Waals surface area contributed by atoms with Gasteiger partial charge in [0, 0.05) is 6.20 Å². The number of H-pyrrole nitrogens is 1. The van der Waals surface area contributed by atoms with Gasteiger partial charge >= 0.3 is 0 Å². The number of hydrogen-bond acceptors (Lipinski definition) is 1. The van der Waals surface area contributed by atoms with E-state index in [4.69, 9.17) is 11.6 Å². The van der Waals surface area contributed by atoms with Crippen molar-refractivity contribution < 1.29 is 0 Å². The molecule has 10 heavy (non-hydrogen) atoms. The van der Waals surface area contributed by atoms with Crippen LogP contribution in [0.4, 0.5) is 0 Å². The predicted octanol–water partition coefficient (Wildman–Crippen LogP) is 1.67. The third-order valence-corrected chi connectivity index (χ3v) is 1.54. The average molecular weight is 156 g/mol. The van der Waals surface area contributed by atoms with E-state index < -0.39 is 0 Å². The van der Waals surface area contributed by atoms with Crippen molar-refractivity contribution in [3.8, 4) is 0 Å². The van der Waals surface area contributed by atoms with Crippen LogP contribution in [0.3, 0.4) is 0 Å². The van der Waals surface area contributed by atoms with Crippen molar-refractivity contribution in [2.45, 2.75) is 0 Å². The second-order valence-corrected chi connectivity index (χ2v) is 2.16. The fraction of sp³-hybridized carbons (Fsp3) is 0. The van der Waals surface area contributed by atoms with Gasteiger partial charge in [-0.05, 0) is 11.6 Å². The van der Waals surface area contributed by atoms with E-state index in [1.54, 1.807) is 6.07 Å². The highest BCUT2D eigenvalue weighted by atomic mass is 35.5. The van der Waals surface area contributed by atoms with Crippen molar-refractivity contribution in [2.24, 2.45) is 0 Å². The molecular weight excluding hydrogens is 150 g/mol. The van der Waals surface area contributed by atoms with Crippen LogP contribution in [0.2, 0.25) is 5.02 Å². The molecule has 0 fully saturated rings. The maximum Gasteiger partial charge on any atom is 0.267 e. The average Bonchev–Trinajstić information content (AvgIpc) is 1.95. The van der Waals surface area contributed by atoms with Crippen LogP contribution in [0, 0.1) is 0 Å². The van der Waals surface area contributed by atoms with E-state index in [2.05, 4.69) is 11.6 Å². The minimum Gasteiger partial charge on any atom is -0.328 e. The second kappa shape index (κ2) is 2.71. The van der Waals surface area contributed by atoms with Crippen molar-refractivity contribution in [1.82, 2.24) is 4.98 Å². The predicted molar refractivity (Wildman–Crippen MR) is 42.2 cm³/mol. The second-order valence-electron chi connectivity index (χ2n) is 1.78. The molecule has 1 aromatic rings. The molecule has 0 aliphatic heterocycles. The smallest absolute Gasteiger partial charge is 0.267 e. The minimum absolute atomic E-state index is 0.192. The molecular formula is C7H6ClNO. The van der Waals surface area contributed by atoms with Gasteiger partial charge in [0.15, 0.2) is 0 Å². The Morgan fingerprint density at radius 1 is 1.70 bits per heavy atom. The zero-order valence-electron chi connectivity index (χ0n) is 5.23. The molecule has 0 aliphatic carbocycles. The summed E-state index contributed by atoms with van der Waals surface area (Å²) in [5.41, 5.74) is 0.379. The van der Waals surface area contributed by atoms with Gasteiger partial charge in [0.25, 0.3) is 5.56 Å². The van der Waals surface area contributed by atoms with E-state index in [9.17, 15) is 4.79 Å². The van der Waals surface area contributed by atoms with E-state index in [1.807, 2.05) is 0 Å². The molecule has 0 bridgehead atoms. The molecule has 0 aliphatic rings. The lowest BCUT2D eigenvalue weighted by atomic mass is 10.3. The number of rotatable bonds is 1. The van der Waals surface area contributed by atoms with Crippen LogP contribution in [0.1, 0.15) is 5.56 Å². The number of pyridine rings is 1. The Balaban J connectivity index is 3.41. The van der Waals surface area contributed by atoms with Crippen LogP contribution in [-0.2, 0) is 0 Å². The summed E-state index contributed by atoms with van der Waals surface area (Å²) >= 11 is 5.58. The van der Waals surface area contributed by atoms with Crippen molar-refractivity contribution >= 4 is 17.7 Å². The van der Waals surface area contributed by atoms with Crippen LogP contribution in [-0.4, -0.2) is 4.98 Å². The molecule has 1 aromatic heterocycles. The first-order chi connectivity index (χ1) is 4.75. The van der Waals surface area contributed by atoms with Gasteiger partial charge < -0.3 is 4.98 Å². The minimum atomic E-state index is -0.279. The standard InChI is InChI=1S/C7H6ClNO/c1-2-5-3-4-9-7(10)6(5)8/h2-4H,1H2,(H,9,10). The maximum atomic E-state index is 10.8. The number of hydrogen-bond donors (Lipinski definition) is 1. The molecule has 2 nitrogen and oxygen atoms in total. The molecule has 0 atom stereocenters. The molecule has 0 spiro atoms. The van der Waals surface area contributed by atoms with E-state index in [0.29, 0.717) is 5.56 Å². The monoisotopic (exact) mass is 155 g/mol. The molecule has 0 aromatic carbocycles. The third kappa shape index (κ3) is 1.11. The van der Waals surface area contributed by atoms with Crippen LogP contribution in [0.15, 0.2) is 23.6 Å². The first kappa shape index (κ1) is 7.09. The zero-order chi connectivity index (χ0) is 7.56. The lowest BCUT2D eigenvalue weighted by Crippen LogP contribution is -2.05. The van der Waals surface area contributed by atoms with Gasteiger partial charge in [-0.1, -0.05) is 24.3 Å². The largest absolute Gasteiger partial charge is 0.328 e. The van der Waals surface area contributed by atoms with Crippen LogP contribution >= 0.6 is 11.6 Å². The maximum absolute atomic E-state index is 10.8. The van der Waals surface area contributed by atoms with E-state index in [-0.39, 0.29) is 10.6 Å². The summed E-state index contributed by atoms with van der Waals surface area (Å²) in [6.45, 7) is 3.50. The highest BCUT2D eigenvalue weighted by Gasteiger charge is 1.97. The fourth-order valence-electron chi connectivity index (χ4n) is 0.632. The molecule has 0 saturated carbocycles. The van der Waals surface area contributed by atoms with Crippen molar-refractivity contribution in [3.05, 3.63) is 39.8 Å². The summed E-state index contributed by atoms with van der Waals surface area (Å²) in [6, 6.07) is 1.69. The Labute approximate surface area is 63.2 Å². The SMILES string of the molecule is C=Cc1cc[nH]c(=O)c1Cl. The zero-order valence-corrected chi connectivity index (χ0v) is 5.98. The Morgan fingerprint density at radius 2 is 2.40 bits per heavy atom. The van der Waals surface area contributed by atoms with Crippen LogP contribution in [0.25, 0.3) is 6.08 Å². The van der Waals surface area contributed by atoms with Crippen molar-refractivity contribution in [3.63, 3.8) is 0 Å². The summed E-state index contributed by atoms with van der Waals surface area (Å²) in [5.74, 6) is 0. The van der Waals surface area contributed by atoms with Gasteiger partial charge in [0.05, 0.1) is 0 Å². The number of aromatic amines is 1. The van der Waals surface area contributed by atoms with Gasteiger partial charge in [-0.2, -0.15) is 0 Å². The van der Waals surface area contributed by atoms with Crippen molar-refractivity contribution in [2.75, 3.05) is 0 Å². The first-order valence-corrected chi connectivity index (χ1v) is 3.13. The fourth-order valence-corrected chi connectivity index (χ4v) is 0.827. The van der Waals surface area contributed by atoms with E-state index in [1.165, 1.54) is 12.3 Å². The van der Waals surface area contributed by atoms with Gasteiger partial charge in [-0.3, -0.25) is 4.79 Å². The molecule has 1 heterocycles. The van der Waals surface area contributed by atoms with Gasteiger partial charge in [0.1, 0.15) is 5.02 Å². The molecule has 3 heteroatoms. The Hall–Kier alpha value is -1.02. The molecule has 0 saturated heterocycles. The lowest BCUT2D eigenvalue weighted by molar-refractivity contribution is 1.23. The topological polar surface area (TPSA) is 32.9 Å². The van der Waals surface area contributed by atoms with Crippen molar-refractivity contribution in [1.29, 1.82) is 0 Å². The Kier molecular flexibility index (Phi) is 1.92.